The van der Waals surface area contributed by atoms with Crippen LogP contribution in [0.1, 0.15) is 77.5 Å². The average Bonchev–Trinajstić information content (AvgIpc) is 1.61. The van der Waals surface area contributed by atoms with E-state index in [0.717, 1.165) is 46.8 Å². The van der Waals surface area contributed by atoms with Crippen molar-refractivity contribution < 1.29 is 161 Å². The van der Waals surface area contributed by atoms with E-state index in [1.165, 1.54) is 34.6 Å². The van der Waals surface area contributed by atoms with Crippen LogP contribution in [-0.2, 0) is 96.6 Å². The first-order chi connectivity index (χ1) is 47.0. The molecule has 0 spiro atoms. The summed E-state index contributed by atoms with van der Waals surface area (Å²) < 4.78 is 124. The minimum Gasteiger partial charge on any atom is -0.386 e. The Kier molecular flexibility index (Phi) is 31.5. The van der Waals surface area contributed by atoms with Gasteiger partial charge in [-0.3, -0.25) is 65.0 Å². The molecule has 56 heteroatoms. The molecule has 2 saturated heterocycles. The molecule has 2 aliphatic rings. The molecule has 0 radical (unpaired) electrons. The van der Waals surface area contributed by atoms with Crippen LogP contribution in [0.2, 0.25) is 0 Å². The maximum atomic E-state index is 12.6. The van der Waals surface area contributed by atoms with Gasteiger partial charge in [0.15, 0.2) is 52.1 Å². The second-order valence-electron chi connectivity index (χ2n) is 22.9. The highest BCUT2D eigenvalue weighted by atomic mass is 32.2. The number of fused-ring (bicyclic) bond motifs is 2. The van der Waals surface area contributed by atoms with E-state index in [2.05, 4.69) is 81.5 Å². The van der Waals surface area contributed by atoms with Gasteiger partial charge in [0.05, 0.1) is 39.1 Å². The number of nitrogens with zero attached hydrogens (tertiary/aromatic N) is 8. The van der Waals surface area contributed by atoms with Crippen LogP contribution in [-0.4, -0.2) is 246 Å². The molecular formula is C46H76N14O34P6S2. The number of nitrogens with one attached hydrogen (secondary N) is 4. The van der Waals surface area contributed by atoms with Crippen LogP contribution in [0.25, 0.3) is 22.3 Å². The van der Waals surface area contributed by atoms with E-state index in [9.17, 15) is 116 Å². The van der Waals surface area contributed by atoms with Gasteiger partial charge in [-0.15, -0.1) is 0 Å². The maximum Gasteiger partial charge on any atom is 0.481 e. The summed E-state index contributed by atoms with van der Waals surface area (Å²) >= 11 is 4.97. The summed E-state index contributed by atoms with van der Waals surface area (Å²) in [4.78, 5) is 173. The Balaban J connectivity index is 0.000000367. The number of nitrogen functional groups attached to an aromatic ring is 2. The van der Waals surface area contributed by atoms with Crippen molar-refractivity contribution in [3.63, 3.8) is 0 Å². The van der Waals surface area contributed by atoms with Crippen molar-refractivity contribution >= 4 is 140 Å². The monoisotopic (exact) mass is 1620 g/mol. The Hall–Kier alpha value is -4.88. The van der Waals surface area contributed by atoms with Gasteiger partial charge in [0.25, 0.3) is 0 Å². The number of ketones is 1. The molecule has 0 saturated carbocycles. The number of imidazole rings is 2. The lowest BCUT2D eigenvalue weighted by Crippen LogP contribution is -2.46. The summed E-state index contributed by atoms with van der Waals surface area (Å²) in [7, 11) is -32.8. The quantitative estimate of drug-likeness (QED) is 0.00934. The van der Waals surface area contributed by atoms with Gasteiger partial charge in [0.1, 0.15) is 66.2 Å². The molecule has 0 aliphatic carbocycles. The number of anilines is 2. The lowest BCUT2D eigenvalue weighted by Gasteiger charge is -2.30. The van der Waals surface area contributed by atoms with Crippen molar-refractivity contribution in [3.8, 4) is 0 Å². The number of rotatable bonds is 38. The van der Waals surface area contributed by atoms with Crippen LogP contribution < -0.4 is 32.7 Å². The lowest BCUT2D eigenvalue weighted by molar-refractivity contribution is -0.137. The molecule has 102 heavy (non-hydrogen) atoms. The Morgan fingerprint density at radius 2 is 1.01 bits per heavy atom. The van der Waals surface area contributed by atoms with E-state index in [-0.39, 0.29) is 83.3 Å². The third kappa shape index (κ3) is 26.6. The van der Waals surface area contributed by atoms with E-state index in [0.29, 0.717) is 18.1 Å². The molecule has 2 fully saturated rings. The molecule has 14 atom stereocenters. The summed E-state index contributed by atoms with van der Waals surface area (Å²) in [6.45, 7) is 3.64. The molecule has 4 amide bonds. The Morgan fingerprint density at radius 1 is 0.598 bits per heavy atom. The van der Waals surface area contributed by atoms with Gasteiger partial charge in [0.2, 0.25) is 23.6 Å². The zero-order valence-electron chi connectivity index (χ0n) is 54.1. The molecule has 20 N–H and O–H groups in total. The first-order valence-corrected chi connectivity index (χ1v) is 39.7. The van der Waals surface area contributed by atoms with Crippen LogP contribution >= 0.6 is 71.3 Å². The highest BCUT2D eigenvalue weighted by molar-refractivity contribution is 8.13. The van der Waals surface area contributed by atoms with Crippen molar-refractivity contribution in [2.75, 3.05) is 75.6 Å². The fourth-order valence-corrected chi connectivity index (χ4v) is 14.9. The number of hydrogen-bond acceptors (Lipinski definition) is 36. The number of aliphatic hydroxyl groups is 4. The van der Waals surface area contributed by atoms with E-state index < -0.39 is 169 Å². The van der Waals surface area contributed by atoms with Crippen LogP contribution in [0.5, 0.6) is 0 Å². The number of carbonyl (C=O) groups excluding carboxylic acids is 6. The molecule has 6 heterocycles. The van der Waals surface area contributed by atoms with Gasteiger partial charge in [0, 0.05) is 75.2 Å². The zero-order valence-corrected chi connectivity index (χ0v) is 61.2. The van der Waals surface area contributed by atoms with Crippen LogP contribution in [0, 0.1) is 10.8 Å². The van der Waals surface area contributed by atoms with Crippen LogP contribution in [0.15, 0.2) is 19.0 Å². The third-order valence-electron chi connectivity index (χ3n) is 13.7. The van der Waals surface area contributed by atoms with Gasteiger partial charge in [-0.2, -0.15) is 21.3 Å². The molecule has 4 aromatic rings. The second-order valence-corrected chi connectivity index (χ2v) is 33.1. The fourth-order valence-electron chi connectivity index (χ4n) is 8.69. The molecule has 6 rings (SSSR count). The molecule has 2 aliphatic heterocycles. The van der Waals surface area contributed by atoms with E-state index in [1.54, 1.807) is 0 Å². The molecule has 0 bridgehead atoms. The number of phosphoric acid groups is 6. The maximum absolute atomic E-state index is 12.6. The molecule has 0 aromatic carbocycles. The van der Waals surface area contributed by atoms with Crippen molar-refractivity contribution in [2.45, 2.75) is 116 Å². The topological polar surface area (TPSA) is 727 Å². The highest BCUT2D eigenvalue weighted by Crippen LogP contribution is 2.63. The average molecular weight is 1620 g/mol. The van der Waals surface area contributed by atoms with Gasteiger partial charge < -0.3 is 102 Å². The van der Waals surface area contributed by atoms with Crippen molar-refractivity contribution in [1.82, 2.24) is 60.3 Å². The minimum absolute atomic E-state index is 0.0310. The van der Waals surface area contributed by atoms with Crippen LogP contribution in [0.3, 0.4) is 0 Å². The predicted molar refractivity (Wildman–Crippen MR) is 346 cm³/mol. The number of Topliss-reactive ketones (excluding diaryl/α,β-unsaturated/α-hetero) is 1. The van der Waals surface area contributed by atoms with Crippen LogP contribution in [0.4, 0.5) is 11.6 Å². The normalized spacial score (nSPS) is 22.6. The molecule has 48 nitrogen and oxygen atoms in total. The Labute approximate surface area is 585 Å². The first kappa shape index (κ1) is 87.8. The van der Waals surface area contributed by atoms with E-state index in [4.69, 9.17) is 39.0 Å². The molecule has 4 aromatic heterocycles. The number of thiol groups is 1. The summed E-state index contributed by atoms with van der Waals surface area (Å²) in [6, 6.07) is 0. The second kappa shape index (κ2) is 36.6. The Bertz CT molecular complexity index is 3940. The summed E-state index contributed by atoms with van der Waals surface area (Å²) in [6.07, 6.45) is -15.2. The number of aliphatic hydroxyl groups excluding tert-OH is 4. The van der Waals surface area contributed by atoms with Crippen molar-refractivity contribution in [2.24, 2.45) is 10.8 Å². The minimum atomic E-state index is -5.59. The Morgan fingerprint density at radius 3 is 1.42 bits per heavy atom. The van der Waals surface area contributed by atoms with Gasteiger partial charge >= 0.3 is 46.9 Å². The summed E-state index contributed by atoms with van der Waals surface area (Å²) in [5.74, 6) is -3.18. The van der Waals surface area contributed by atoms with Crippen molar-refractivity contribution in [3.05, 3.63) is 24.8 Å². The fraction of sp³-hybridized carbons (Fsp3) is 0.652. The first-order valence-electron chi connectivity index (χ1n) is 29.1. The molecule has 4 unspecified atom stereocenters. The lowest BCUT2D eigenvalue weighted by atomic mass is 9.87. The number of hydrogen-bond donors (Lipinski definition) is 19. The van der Waals surface area contributed by atoms with E-state index in [1.807, 2.05) is 0 Å². The number of amides is 4. The third-order valence-corrected chi connectivity index (χ3v) is 20.9. The van der Waals surface area contributed by atoms with Gasteiger partial charge in [-0.25, -0.2) is 57.3 Å². The molecule has 576 valence electrons. The smallest absolute Gasteiger partial charge is 0.386 e. The standard InChI is InChI=1S/2C23H38N7O17P3S/c1-12(31)51-7-6-25-14(32)4-5-26-21(35)18(34)23(2,3)9-44-50(41,42)47-49(39,40)43-8-13-17(46-48(36,37)38)16(33)22(45-13)30-11-29-15-19(24)27-10-28-20(15)30;1-11(31)19-28-18(24)14-20(29-19)30(10-27-14)22-15(33)16(46-48(36,37)38)12(45-22)8-43-49(39,40)47-50(41,42)44-9-23(2,3)17(34)21(35)26-5-4-13(32)25-6-7-51/h10-11,13,16-18,22,33-34H,4-9H2,1-3H3,(H,25,32)(H,26,35)(H,39,40)(H,41,42)(H2,24,27,28)(H2,36,37,38);10,12,15-17,22,33-34,51H,4-9H2,1-3H3,(H,25,32)(H,26,35)(H,39,40)(H,41,42)(H2,24,28,29)(H2,36,37,38)/t13-,16-,17-,18+,22-;12-,15-,16-,17+,22-/m11/s1. The highest BCUT2D eigenvalue weighted by Gasteiger charge is 2.53. The van der Waals surface area contributed by atoms with E-state index >= 15 is 0 Å². The molecular weight excluding hydrogens is 1540 g/mol. The summed E-state index contributed by atoms with van der Waals surface area (Å²) in [5.41, 5.74) is 8.30. The summed E-state index contributed by atoms with van der Waals surface area (Å²) in [5, 5.41) is 52.3. The number of aromatic nitrogens is 8. The number of nitrogens with two attached hydrogens (primary N) is 2. The number of carbonyl (C=O) groups is 6. The number of thioether (sulfide) groups is 1. The van der Waals surface area contributed by atoms with Gasteiger partial charge in [-0.1, -0.05) is 39.5 Å². The zero-order chi connectivity index (χ0) is 76.9. The number of phosphoric ester groups is 6. The van der Waals surface area contributed by atoms with Crippen molar-refractivity contribution in [1.29, 1.82) is 0 Å². The van der Waals surface area contributed by atoms with Gasteiger partial charge in [-0.05, 0) is 0 Å². The number of ether oxygens (including phenoxy) is 2. The largest absolute Gasteiger partial charge is 0.481 e. The SMILES string of the molecule is CC(=O)SCCNC(=O)CCNC(=O)[C@H](O)C(C)(C)COP(=O)(O)OP(=O)(O)OC[C@H]1O[C@@H](n2cnc3c(N)ncnc32)[C@H](O)[C@@H]1OP(=O)(O)O.CC(=O)c1nc(N)c2ncn([C@@H]3O[C@H](COP(=O)(O)OP(=O)(O)OCC(C)(C)[C@@H](O)C(=O)NCCC(=O)NCCS)[C@@H](OP(=O)(O)O)[C@H]3O)c2n1. The predicted octanol–water partition coefficient (Wildman–Crippen LogP) is -2.78.